The molecule has 6 nitrogen and oxygen atoms in total. The maximum atomic E-state index is 10.8. The summed E-state index contributed by atoms with van der Waals surface area (Å²) in [6.07, 6.45) is 2.78. The van der Waals surface area contributed by atoms with Gasteiger partial charge in [-0.1, -0.05) is 18.2 Å². The number of allylic oxidation sites excluding steroid dienone is 1. The summed E-state index contributed by atoms with van der Waals surface area (Å²) in [4.78, 5) is 9.94. The molecule has 4 N–H and O–H groups in total. The van der Waals surface area contributed by atoms with E-state index in [2.05, 4.69) is 16.2 Å². The number of hydrogen-bond acceptors (Lipinski definition) is 5. The predicted molar refractivity (Wildman–Crippen MR) is 69.0 cm³/mol. The first kappa shape index (κ1) is 16.4. The summed E-state index contributed by atoms with van der Waals surface area (Å²) in [6, 6.07) is 6.06. The lowest BCUT2D eigenvalue weighted by Crippen LogP contribution is -2.13. The highest BCUT2D eigenvalue weighted by Crippen LogP contribution is 2.14. The van der Waals surface area contributed by atoms with Crippen LogP contribution in [0.25, 0.3) is 0 Å². The number of rotatable bonds is 2. The van der Waals surface area contributed by atoms with Gasteiger partial charge in [0.25, 0.3) is 0 Å². The van der Waals surface area contributed by atoms with E-state index in [1.54, 1.807) is 25.1 Å². The van der Waals surface area contributed by atoms with E-state index in [0.717, 1.165) is 0 Å². The quantitative estimate of drug-likeness (QED) is 0.627. The SMILES string of the molecule is CC=CC(=O)OCl.Nc1ccccc1S(N)(=O)=O. The lowest BCUT2D eigenvalue weighted by molar-refractivity contribution is -0.128. The standard InChI is InChI=1S/C6H8N2O2S.C4H5ClO2/c7-5-3-1-2-4-6(5)11(8,9)10;1-2-3-4(6)7-5/h1-4H,7H2,(H2,8,9,10);2-3H,1H3. The predicted octanol–water partition coefficient (Wildman–Crippen LogP) is 1.18. The van der Waals surface area contributed by atoms with Crippen molar-refractivity contribution in [3.63, 3.8) is 0 Å². The molecule has 0 unspecified atom stereocenters. The van der Waals surface area contributed by atoms with Crippen molar-refractivity contribution >= 4 is 33.5 Å². The molecule has 0 aromatic heterocycles. The molecule has 18 heavy (non-hydrogen) atoms. The Hall–Kier alpha value is -1.57. The Labute approximate surface area is 110 Å². The highest BCUT2D eigenvalue weighted by Gasteiger charge is 2.09. The molecule has 1 aromatic carbocycles. The van der Waals surface area contributed by atoms with Gasteiger partial charge in [-0.3, -0.25) is 0 Å². The van der Waals surface area contributed by atoms with E-state index in [1.165, 1.54) is 18.2 Å². The molecule has 0 radical (unpaired) electrons. The fraction of sp³-hybridized carbons (Fsp3) is 0.100. The molecule has 0 bridgehead atoms. The van der Waals surface area contributed by atoms with Gasteiger partial charge in [0, 0.05) is 6.08 Å². The first-order valence-corrected chi connectivity index (χ1v) is 6.51. The maximum Gasteiger partial charge on any atom is 0.348 e. The number of halogens is 1. The summed E-state index contributed by atoms with van der Waals surface area (Å²) in [7, 11) is -3.66. The van der Waals surface area contributed by atoms with Gasteiger partial charge in [0.05, 0.1) is 5.69 Å². The van der Waals surface area contributed by atoms with Gasteiger partial charge in [0.15, 0.2) is 0 Å². The fourth-order valence-electron chi connectivity index (χ4n) is 0.901. The zero-order valence-electron chi connectivity index (χ0n) is 9.54. The summed E-state index contributed by atoms with van der Waals surface area (Å²) in [6.45, 7) is 1.70. The third-order valence-electron chi connectivity index (χ3n) is 1.60. The largest absolute Gasteiger partial charge is 0.398 e. The number of primary sulfonamides is 1. The van der Waals surface area contributed by atoms with Gasteiger partial charge >= 0.3 is 5.97 Å². The first-order chi connectivity index (χ1) is 8.32. The van der Waals surface area contributed by atoms with Crippen LogP contribution in [0.4, 0.5) is 5.69 Å². The van der Waals surface area contributed by atoms with E-state index < -0.39 is 16.0 Å². The number of hydrogen-bond donors (Lipinski definition) is 2. The summed E-state index contributed by atoms with van der Waals surface area (Å²) in [5, 5.41) is 4.85. The minimum Gasteiger partial charge on any atom is -0.398 e. The molecule has 0 aliphatic carbocycles. The maximum absolute atomic E-state index is 10.8. The minimum atomic E-state index is -3.66. The molecule has 0 fully saturated rings. The van der Waals surface area contributed by atoms with Crippen LogP contribution in [-0.2, 0) is 19.1 Å². The number of carbonyl (C=O) groups excluding carboxylic acids is 1. The molecule has 0 aliphatic heterocycles. The third kappa shape index (κ3) is 6.24. The van der Waals surface area contributed by atoms with Crippen molar-refractivity contribution in [1.29, 1.82) is 0 Å². The molecular weight excluding hydrogens is 280 g/mol. The van der Waals surface area contributed by atoms with Crippen LogP contribution in [0.2, 0.25) is 0 Å². The molecule has 100 valence electrons. The van der Waals surface area contributed by atoms with E-state index in [0.29, 0.717) is 0 Å². The number of carbonyl (C=O) groups is 1. The molecule has 0 saturated carbocycles. The summed E-state index contributed by atoms with van der Waals surface area (Å²) >= 11 is 4.63. The van der Waals surface area contributed by atoms with Crippen molar-refractivity contribution in [3.8, 4) is 0 Å². The average molecular weight is 293 g/mol. The van der Waals surface area contributed by atoms with Gasteiger partial charge in [-0.15, -0.1) is 0 Å². The molecule has 1 aromatic rings. The normalized spacial score (nSPS) is 10.6. The van der Waals surface area contributed by atoms with Crippen LogP contribution < -0.4 is 10.9 Å². The van der Waals surface area contributed by atoms with Gasteiger partial charge in [-0.25, -0.2) is 18.4 Å². The summed E-state index contributed by atoms with van der Waals surface area (Å²) in [5.41, 5.74) is 5.52. The van der Waals surface area contributed by atoms with Gasteiger partial charge in [0.1, 0.15) is 16.8 Å². The summed E-state index contributed by atoms with van der Waals surface area (Å²) in [5.74, 6) is -0.538. The van der Waals surface area contributed by atoms with Crippen LogP contribution in [0, 0.1) is 0 Å². The van der Waals surface area contributed by atoms with Crippen LogP contribution >= 0.6 is 11.9 Å². The molecular formula is C10H13ClN2O4S. The Balaban J connectivity index is 0.000000360. The van der Waals surface area contributed by atoms with Crippen LogP contribution in [0.1, 0.15) is 6.92 Å². The van der Waals surface area contributed by atoms with Crippen LogP contribution in [0.15, 0.2) is 41.3 Å². The highest BCUT2D eigenvalue weighted by molar-refractivity contribution is 7.89. The monoisotopic (exact) mass is 292 g/mol. The van der Waals surface area contributed by atoms with Crippen molar-refractivity contribution in [2.45, 2.75) is 11.8 Å². The van der Waals surface area contributed by atoms with E-state index in [-0.39, 0.29) is 10.6 Å². The lowest BCUT2D eigenvalue weighted by atomic mass is 10.3. The highest BCUT2D eigenvalue weighted by atomic mass is 35.5. The molecule has 1 rings (SSSR count). The van der Waals surface area contributed by atoms with Crippen molar-refractivity contribution < 1.29 is 17.5 Å². The number of anilines is 1. The fourth-order valence-corrected chi connectivity index (χ4v) is 1.62. The Morgan fingerprint density at radius 3 is 2.22 bits per heavy atom. The first-order valence-electron chi connectivity index (χ1n) is 4.65. The van der Waals surface area contributed by atoms with Crippen molar-refractivity contribution in [2.75, 3.05) is 5.73 Å². The summed E-state index contributed by atoms with van der Waals surface area (Å²) < 4.78 is 25.2. The second-order valence-electron chi connectivity index (χ2n) is 2.98. The second-order valence-corrected chi connectivity index (χ2v) is 4.66. The second kappa shape index (κ2) is 7.70. The molecule has 8 heteroatoms. The molecule has 0 saturated heterocycles. The van der Waals surface area contributed by atoms with Crippen LogP contribution in [0.3, 0.4) is 0 Å². The van der Waals surface area contributed by atoms with Crippen molar-refractivity contribution in [1.82, 2.24) is 0 Å². The van der Waals surface area contributed by atoms with Crippen LogP contribution in [-0.4, -0.2) is 14.4 Å². The number of para-hydroxylation sites is 1. The average Bonchev–Trinajstić information content (AvgIpc) is 2.29. The number of nitrogen functional groups attached to an aromatic ring is 1. The molecule has 0 amide bonds. The Morgan fingerprint density at radius 2 is 1.94 bits per heavy atom. The topological polar surface area (TPSA) is 112 Å². The minimum absolute atomic E-state index is 0.0278. The third-order valence-corrected chi connectivity index (χ3v) is 2.74. The van der Waals surface area contributed by atoms with Gasteiger partial charge in [-0.05, 0) is 19.1 Å². The van der Waals surface area contributed by atoms with E-state index in [4.69, 9.17) is 10.9 Å². The Kier molecular flexibility index (Phi) is 7.03. The zero-order valence-corrected chi connectivity index (χ0v) is 11.1. The zero-order chi connectivity index (χ0) is 14.2. The van der Waals surface area contributed by atoms with E-state index in [1.807, 2.05) is 0 Å². The van der Waals surface area contributed by atoms with Gasteiger partial charge < -0.3 is 10.0 Å². The van der Waals surface area contributed by atoms with Gasteiger partial charge in [0.2, 0.25) is 10.0 Å². The van der Waals surface area contributed by atoms with E-state index in [9.17, 15) is 13.2 Å². The van der Waals surface area contributed by atoms with Crippen molar-refractivity contribution in [2.24, 2.45) is 5.14 Å². The Morgan fingerprint density at radius 1 is 1.39 bits per heavy atom. The lowest BCUT2D eigenvalue weighted by Gasteiger charge is -2.00. The number of benzene rings is 1. The molecule has 0 spiro atoms. The van der Waals surface area contributed by atoms with Crippen LogP contribution in [0.5, 0.6) is 0 Å². The van der Waals surface area contributed by atoms with Gasteiger partial charge in [-0.2, -0.15) is 0 Å². The number of sulfonamides is 1. The number of nitrogens with two attached hydrogens (primary N) is 2. The Bertz CT molecular complexity index is 528. The molecule has 0 aliphatic rings. The van der Waals surface area contributed by atoms with Crippen molar-refractivity contribution in [3.05, 3.63) is 36.4 Å². The molecule has 0 heterocycles. The molecule has 0 atom stereocenters. The smallest absolute Gasteiger partial charge is 0.348 e. The van der Waals surface area contributed by atoms with E-state index >= 15 is 0 Å².